The molecule has 1 atom stereocenters. The van der Waals surface area contributed by atoms with Crippen LogP contribution in [-0.2, 0) is 0 Å². The van der Waals surface area contributed by atoms with Gasteiger partial charge in [0.1, 0.15) is 5.82 Å². The Bertz CT molecular complexity index is 659. The summed E-state index contributed by atoms with van der Waals surface area (Å²) in [6, 6.07) is 7.86. The number of hydrogen-bond acceptors (Lipinski definition) is 2. The fourth-order valence-corrected chi connectivity index (χ4v) is 2.85. The van der Waals surface area contributed by atoms with E-state index in [2.05, 4.69) is 0 Å². The zero-order valence-electron chi connectivity index (χ0n) is 11.9. The van der Waals surface area contributed by atoms with E-state index in [0.717, 1.165) is 5.56 Å². The van der Waals surface area contributed by atoms with Gasteiger partial charge >= 0.3 is 0 Å². The summed E-state index contributed by atoms with van der Waals surface area (Å²) >= 11 is 12.8. The van der Waals surface area contributed by atoms with E-state index in [-0.39, 0.29) is 5.82 Å². The summed E-state index contributed by atoms with van der Waals surface area (Å²) in [4.78, 5) is 0. The second-order valence-electron chi connectivity index (χ2n) is 4.59. The minimum atomic E-state index is -0.576. The average molecular weight is 329 g/mol. The first kappa shape index (κ1) is 15.9. The maximum absolute atomic E-state index is 13.5. The van der Waals surface area contributed by atoms with E-state index in [1.54, 1.807) is 18.2 Å². The lowest BCUT2D eigenvalue weighted by atomic mass is 9.99. The smallest absolute Gasteiger partial charge is 0.162 e. The Hall–Kier alpha value is -1.45. The molecule has 0 amide bonds. The summed E-state index contributed by atoms with van der Waals surface area (Å²) in [5.74, 6) is 0.709. The molecule has 0 aliphatic rings. The molecule has 2 aromatic rings. The van der Waals surface area contributed by atoms with Gasteiger partial charge in [0.15, 0.2) is 11.5 Å². The largest absolute Gasteiger partial charge is 0.493 e. The highest BCUT2D eigenvalue weighted by atomic mass is 35.5. The van der Waals surface area contributed by atoms with Gasteiger partial charge in [-0.2, -0.15) is 0 Å². The van der Waals surface area contributed by atoms with Gasteiger partial charge in [0.25, 0.3) is 0 Å². The van der Waals surface area contributed by atoms with Crippen molar-refractivity contribution in [1.82, 2.24) is 0 Å². The van der Waals surface area contributed by atoms with Gasteiger partial charge in [-0.1, -0.05) is 17.7 Å². The van der Waals surface area contributed by atoms with Crippen LogP contribution < -0.4 is 9.47 Å². The lowest BCUT2D eigenvalue weighted by molar-refractivity contribution is 0.354. The molecule has 0 aliphatic carbocycles. The van der Waals surface area contributed by atoms with E-state index in [0.29, 0.717) is 27.6 Å². The van der Waals surface area contributed by atoms with E-state index in [9.17, 15) is 4.39 Å². The molecule has 0 saturated carbocycles. The van der Waals surface area contributed by atoms with Crippen molar-refractivity contribution in [2.45, 2.75) is 12.3 Å². The molecule has 5 heteroatoms. The summed E-state index contributed by atoms with van der Waals surface area (Å²) in [6.07, 6.45) is 0. The van der Waals surface area contributed by atoms with Gasteiger partial charge in [0.2, 0.25) is 0 Å². The molecule has 0 bridgehead atoms. The van der Waals surface area contributed by atoms with Crippen molar-refractivity contribution in [3.05, 3.63) is 57.9 Å². The lowest BCUT2D eigenvalue weighted by Crippen LogP contribution is -2.00. The molecule has 1 unspecified atom stereocenters. The van der Waals surface area contributed by atoms with Crippen LogP contribution in [0.4, 0.5) is 4.39 Å². The summed E-state index contributed by atoms with van der Waals surface area (Å²) in [5, 5.41) is -0.135. The van der Waals surface area contributed by atoms with Crippen molar-refractivity contribution < 1.29 is 13.9 Å². The van der Waals surface area contributed by atoms with E-state index < -0.39 is 5.38 Å². The molecule has 0 aromatic heterocycles. The Morgan fingerprint density at radius 2 is 1.62 bits per heavy atom. The Morgan fingerprint density at radius 3 is 2.24 bits per heavy atom. The average Bonchev–Trinajstić information content (AvgIpc) is 2.48. The Kier molecular flexibility index (Phi) is 4.96. The highest BCUT2D eigenvalue weighted by Gasteiger charge is 2.20. The predicted octanol–water partition coefficient (Wildman–Crippen LogP) is 5.13. The van der Waals surface area contributed by atoms with E-state index in [4.69, 9.17) is 32.7 Å². The van der Waals surface area contributed by atoms with Gasteiger partial charge in [-0.25, -0.2) is 4.39 Å². The molecule has 2 nitrogen and oxygen atoms in total. The number of aryl methyl sites for hydroxylation is 1. The fourth-order valence-electron chi connectivity index (χ4n) is 2.12. The predicted molar refractivity (Wildman–Crippen MR) is 83.4 cm³/mol. The monoisotopic (exact) mass is 328 g/mol. The highest BCUT2D eigenvalue weighted by Crippen LogP contribution is 2.41. The van der Waals surface area contributed by atoms with Crippen molar-refractivity contribution in [2.24, 2.45) is 0 Å². The second-order valence-corrected chi connectivity index (χ2v) is 5.44. The minimum absolute atomic E-state index is 0.335. The normalized spacial score (nSPS) is 12.1. The number of ether oxygens (including phenoxy) is 2. The molecule has 112 valence electrons. The third kappa shape index (κ3) is 3.25. The summed E-state index contributed by atoms with van der Waals surface area (Å²) < 4.78 is 23.9. The summed E-state index contributed by atoms with van der Waals surface area (Å²) in [7, 11) is 3.06. The van der Waals surface area contributed by atoms with Crippen LogP contribution in [0.5, 0.6) is 11.5 Å². The Balaban J connectivity index is 2.52. The van der Waals surface area contributed by atoms with Crippen molar-refractivity contribution in [3.63, 3.8) is 0 Å². The first-order valence-electron chi connectivity index (χ1n) is 6.29. The zero-order chi connectivity index (χ0) is 15.6. The first-order chi connectivity index (χ1) is 9.97. The number of methoxy groups -OCH3 is 2. The molecule has 0 saturated heterocycles. The maximum Gasteiger partial charge on any atom is 0.162 e. The molecule has 0 fully saturated rings. The summed E-state index contributed by atoms with van der Waals surface area (Å²) in [5.41, 5.74) is 2.21. The van der Waals surface area contributed by atoms with Crippen molar-refractivity contribution in [3.8, 4) is 11.5 Å². The van der Waals surface area contributed by atoms with Crippen LogP contribution in [0.1, 0.15) is 22.1 Å². The quantitative estimate of drug-likeness (QED) is 0.724. The molecule has 0 N–H and O–H groups in total. The number of halogens is 3. The van der Waals surface area contributed by atoms with Crippen LogP contribution in [0.15, 0.2) is 30.3 Å². The van der Waals surface area contributed by atoms with E-state index in [1.165, 1.54) is 26.4 Å². The first-order valence-corrected chi connectivity index (χ1v) is 7.11. The molecule has 21 heavy (non-hydrogen) atoms. The Morgan fingerprint density at radius 1 is 1.00 bits per heavy atom. The van der Waals surface area contributed by atoms with E-state index in [1.807, 2.05) is 6.92 Å². The van der Waals surface area contributed by atoms with Crippen LogP contribution in [-0.4, -0.2) is 14.2 Å². The SMILES string of the molecule is COc1cc(Cl)c(C(Cl)c2cc(F)ccc2C)cc1OC. The molecule has 2 aromatic carbocycles. The fraction of sp³-hybridized carbons (Fsp3) is 0.250. The van der Waals surface area contributed by atoms with Crippen LogP contribution >= 0.6 is 23.2 Å². The van der Waals surface area contributed by atoms with Gasteiger partial charge in [0, 0.05) is 11.1 Å². The van der Waals surface area contributed by atoms with Gasteiger partial charge < -0.3 is 9.47 Å². The molecular weight excluding hydrogens is 314 g/mol. The van der Waals surface area contributed by atoms with Crippen molar-refractivity contribution in [1.29, 1.82) is 0 Å². The number of rotatable bonds is 4. The number of alkyl halides is 1. The third-order valence-electron chi connectivity index (χ3n) is 3.29. The van der Waals surface area contributed by atoms with E-state index >= 15 is 0 Å². The topological polar surface area (TPSA) is 18.5 Å². The van der Waals surface area contributed by atoms with Crippen LogP contribution in [0.2, 0.25) is 5.02 Å². The number of hydrogen-bond donors (Lipinski definition) is 0. The molecule has 0 spiro atoms. The zero-order valence-corrected chi connectivity index (χ0v) is 13.4. The maximum atomic E-state index is 13.5. The lowest BCUT2D eigenvalue weighted by Gasteiger charge is -2.17. The van der Waals surface area contributed by atoms with Crippen LogP contribution in [0.3, 0.4) is 0 Å². The highest BCUT2D eigenvalue weighted by molar-refractivity contribution is 6.33. The Labute approximate surface area is 133 Å². The third-order valence-corrected chi connectivity index (χ3v) is 4.09. The molecule has 0 aliphatic heterocycles. The number of benzene rings is 2. The van der Waals surface area contributed by atoms with Gasteiger partial charge in [0.05, 0.1) is 19.6 Å². The van der Waals surface area contributed by atoms with Crippen LogP contribution in [0.25, 0.3) is 0 Å². The summed E-state index contributed by atoms with van der Waals surface area (Å²) in [6.45, 7) is 1.87. The van der Waals surface area contributed by atoms with Gasteiger partial charge in [-0.15, -0.1) is 11.6 Å². The standard InChI is InChI=1S/C16H15Cl2FO2/c1-9-4-5-10(19)6-11(9)16(18)12-7-14(20-2)15(21-3)8-13(12)17/h4-8,16H,1-3H3. The second kappa shape index (κ2) is 6.54. The van der Waals surface area contributed by atoms with Crippen molar-refractivity contribution in [2.75, 3.05) is 14.2 Å². The minimum Gasteiger partial charge on any atom is -0.493 e. The van der Waals surface area contributed by atoms with Gasteiger partial charge in [-0.05, 0) is 41.8 Å². The molecule has 2 rings (SSSR count). The van der Waals surface area contributed by atoms with Crippen molar-refractivity contribution >= 4 is 23.2 Å². The molecule has 0 radical (unpaired) electrons. The molecular formula is C16H15Cl2FO2. The van der Waals surface area contributed by atoms with Crippen LogP contribution in [0, 0.1) is 12.7 Å². The molecule has 0 heterocycles. The van der Waals surface area contributed by atoms with Gasteiger partial charge in [-0.3, -0.25) is 0 Å².